The Kier molecular flexibility index (Phi) is 3.63. The van der Waals surface area contributed by atoms with Gasteiger partial charge in [-0.2, -0.15) is 5.10 Å². The van der Waals surface area contributed by atoms with E-state index in [0.29, 0.717) is 11.0 Å². The van der Waals surface area contributed by atoms with E-state index in [4.69, 9.17) is 0 Å². The first kappa shape index (κ1) is 14.0. The first-order valence-corrected chi connectivity index (χ1v) is 7.32. The minimum Gasteiger partial charge on any atom is -0.381 e. The molecular weight excluding hydrogens is 335 g/mol. The maximum absolute atomic E-state index is 13.6. The molecule has 6 heteroatoms. The molecule has 3 aromatic rings. The second-order valence-electron chi connectivity index (χ2n) is 4.99. The Morgan fingerprint density at radius 2 is 2.10 bits per heavy atom. The molecule has 3 rings (SSSR count). The van der Waals surface area contributed by atoms with Crippen molar-refractivity contribution in [3.05, 3.63) is 57.7 Å². The lowest BCUT2D eigenvalue weighted by Crippen LogP contribution is -2.04. The van der Waals surface area contributed by atoms with Gasteiger partial charge in [0.05, 0.1) is 10.2 Å². The van der Waals surface area contributed by atoms with E-state index < -0.39 is 0 Å². The van der Waals surface area contributed by atoms with Crippen molar-refractivity contribution in [1.29, 1.82) is 0 Å². The van der Waals surface area contributed by atoms with Crippen LogP contribution in [0.5, 0.6) is 0 Å². The number of hydrogen-bond acceptors (Lipinski definition) is 3. The highest BCUT2D eigenvalue weighted by molar-refractivity contribution is 9.10. The number of nitrogens with zero attached hydrogens (tertiary/aromatic N) is 3. The Balaban J connectivity index is 1.81. The molecule has 0 saturated carbocycles. The molecule has 2 heterocycles. The predicted octanol–water partition coefficient (Wildman–Crippen LogP) is 3.86. The zero-order valence-electron chi connectivity index (χ0n) is 11.7. The summed E-state index contributed by atoms with van der Waals surface area (Å²) in [5.74, 6) is -0.278. The first-order chi connectivity index (χ1) is 10.0. The Labute approximate surface area is 130 Å². The number of hydrogen-bond donors (Lipinski definition) is 1. The maximum Gasteiger partial charge on any atom is 0.155 e. The maximum atomic E-state index is 13.6. The average molecular weight is 349 g/mol. The van der Waals surface area contributed by atoms with Crippen molar-refractivity contribution < 1.29 is 4.39 Å². The van der Waals surface area contributed by atoms with Crippen LogP contribution in [0, 0.1) is 19.7 Å². The van der Waals surface area contributed by atoms with E-state index in [2.05, 4.69) is 31.3 Å². The molecular formula is C15H14BrFN4. The lowest BCUT2D eigenvalue weighted by atomic mass is 10.2. The van der Waals surface area contributed by atoms with E-state index in [1.54, 1.807) is 16.8 Å². The summed E-state index contributed by atoms with van der Waals surface area (Å²) in [5, 5.41) is 7.56. The van der Waals surface area contributed by atoms with Crippen molar-refractivity contribution in [1.82, 2.24) is 14.6 Å². The minimum absolute atomic E-state index is 0.278. The zero-order valence-corrected chi connectivity index (χ0v) is 13.3. The van der Waals surface area contributed by atoms with Gasteiger partial charge in [0.1, 0.15) is 5.82 Å². The van der Waals surface area contributed by atoms with Gasteiger partial charge in [-0.3, -0.25) is 0 Å². The van der Waals surface area contributed by atoms with Crippen LogP contribution in [0.3, 0.4) is 0 Å². The zero-order chi connectivity index (χ0) is 15.0. The van der Waals surface area contributed by atoms with Crippen molar-refractivity contribution >= 4 is 27.3 Å². The summed E-state index contributed by atoms with van der Waals surface area (Å²) in [4.78, 5) is 4.35. The summed E-state index contributed by atoms with van der Waals surface area (Å²) in [5.41, 5.74) is 4.48. The number of aryl methyl sites for hydroxylation is 2. The van der Waals surface area contributed by atoms with Crippen LogP contribution in [-0.2, 0) is 6.54 Å². The highest BCUT2D eigenvalue weighted by Gasteiger charge is 2.06. The second kappa shape index (κ2) is 5.44. The number of fused-ring (bicyclic) bond motifs is 1. The quantitative estimate of drug-likeness (QED) is 0.781. The van der Waals surface area contributed by atoms with Crippen LogP contribution >= 0.6 is 15.9 Å². The van der Waals surface area contributed by atoms with Crippen LogP contribution in [0.25, 0.3) is 5.65 Å². The number of anilines is 1. The van der Waals surface area contributed by atoms with Crippen molar-refractivity contribution in [3.8, 4) is 0 Å². The summed E-state index contributed by atoms with van der Waals surface area (Å²) in [7, 11) is 0. The second-order valence-corrected chi connectivity index (χ2v) is 5.84. The van der Waals surface area contributed by atoms with Gasteiger partial charge in [0.15, 0.2) is 5.65 Å². The molecule has 0 unspecified atom stereocenters. The molecule has 0 amide bonds. The van der Waals surface area contributed by atoms with E-state index in [9.17, 15) is 4.39 Å². The Bertz CT molecular complexity index is 813. The highest BCUT2D eigenvalue weighted by atomic mass is 79.9. The van der Waals surface area contributed by atoms with Gasteiger partial charge in [-0.25, -0.2) is 13.9 Å². The van der Waals surface area contributed by atoms with Gasteiger partial charge in [-0.1, -0.05) is 0 Å². The van der Waals surface area contributed by atoms with Crippen LogP contribution < -0.4 is 5.32 Å². The van der Waals surface area contributed by atoms with Gasteiger partial charge >= 0.3 is 0 Å². The Morgan fingerprint density at radius 1 is 1.29 bits per heavy atom. The minimum atomic E-state index is -0.278. The predicted molar refractivity (Wildman–Crippen MR) is 83.9 cm³/mol. The molecule has 0 atom stereocenters. The smallest absolute Gasteiger partial charge is 0.155 e. The number of halogens is 2. The van der Waals surface area contributed by atoms with Crippen LogP contribution in [0.4, 0.5) is 10.1 Å². The van der Waals surface area contributed by atoms with Crippen molar-refractivity contribution in [2.24, 2.45) is 0 Å². The fraction of sp³-hybridized carbons (Fsp3) is 0.200. The van der Waals surface area contributed by atoms with Gasteiger partial charge in [0.25, 0.3) is 0 Å². The summed E-state index contributed by atoms with van der Waals surface area (Å²) < 4.78 is 15.8. The van der Waals surface area contributed by atoms with E-state index in [1.807, 2.05) is 26.1 Å². The topological polar surface area (TPSA) is 42.2 Å². The number of rotatable bonds is 3. The molecule has 0 saturated heterocycles. The van der Waals surface area contributed by atoms with Crippen molar-refractivity contribution in [2.75, 3.05) is 5.32 Å². The molecule has 0 aliphatic carbocycles. The Morgan fingerprint density at radius 3 is 2.90 bits per heavy atom. The first-order valence-electron chi connectivity index (χ1n) is 6.53. The van der Waals surface area contributed by atoms with Gasteiger partial charge in [0, 0.05) is 36.3 Å². The molecule has 2 aromatic heterocycles. The lowest BCUT2D eigenvalue weighted by molar-refractivity contribution is 0.621. The molecule has 0 aliphatic rings. The van der Waals surface area contributed by atoms with Crippen LogP contribution in [-0.4, -0.2) is 14.6 Å². The standard InChI is InChI=1S/C15H14BrFN4/c1-9-3-12(16)13(17)5-14(9)18-6-11-7-19-15-4-10(2)20-21(15)8-11/h3-5,7-8,18H,6H2,1-2H3. The summed E-state index contributed by atoms with van der Waals surface area (Å²) in [6.45, 7) is 4.43. The molecule has 0 aliphatic heterocycles. The van der Waals surface area contributed by atoms with E-state index >= 15 is 0 Å². The summed E-state index contributed by atoms with van der Waals surface area (Å²) in [6, 6.07) is 5.17. The largest absolute Gasteiger partial charge is 0.381 e. The number of aromatic nitrogens is 3. The SMILES string of the molecule is Cc1cc2ncc(CNc3cc(F)c(Br)cc3C)cn2n1. The molecule has 0 spiro atoms. The van der Waals surface area contributed by atoms with E-state index in [0.717, 1.165) is 28.2 Å². The molecule has 1 aromatic carbocycles. The lowest BCUT2D eigenvalue weighted by Gasteiger charge is -2.10. The average Bonchev–Trinajstić information content (AvgIpc) is 2.80. The summed E-state index contributed by atoms with van der Waals surface area (Å²) in [6.07, 6.45) is 3.72. The summed E-state index contributed by atoms with van der Waals surface area (Å²) >= 11 is 3.18. The van der Waals surface area contributed by atoms with Crippen LogP contribution in [0.1, 0.15) is 16.8 Å². The third kappa shape index (κ3) is 2.90. The van der Waals surface area contributed by atoms with Gasteiger partial charge in [-0.15, -0.1) is 0 Å². The number of benzene rings is 1. The monoisotopic (exact) mass is 348 g/mol. The fourth-order valence-corrected chi connectivity index (χ4v) is 2.62. The Hall–Kier alpha value is -1.95. The van der Waals surface area contributed by atoms with Gasteiger partial charge in [0.2, 0.25) is 0 Å². The molecule has 1 N–H and O–H groups in total. The van der Waals surface area contributed by atoms with Gasteiger partial charge in [-0.05, 0) is 47.5 Å². The van der Waals surface area contributed by atoms with Gasteiger partial charge < -0.3 is 5.32 Å². The fourth-order valence-electron chi connectivity index (χ4n) is 2.16. The third-order valence-electron chi connectivity index (χ3n) is 3.24. The molecule has 0 fully saturated rings. The molecule has 0 bridgehead atoms. The molecule has 4 nitrogen and oxygen atoms in total. The van der Waals surface area contributed by atoms with Crippen molar-refractivity contribution in [3.63, 3.8) is 0 Å². The third-order valence-corrected chi connectivity index (χ3v) is 3.85. The van der Waals surface area contributed by atoms with E-state index in [1.165, 1.54) is 6.07 Å². The van der Waals surface area contributed by atoms with Crippen LogP contribution in [0.15, 0.2) is 35.1 Å². The molecule has 0 radical (unpaired) electrons. The number of nitrogens with one attached hydrogen (secondary N) is 1. The normalized spacial score (nSPS) is 11.0. The van der Waals surface area contributed by atoms with E-state index in [-0.39, 0.29) is 5.82 Å². The molecule has 21 heavy (non-hydrogen) atoms. The van der Waals surface area contributed by atoms with Crippen molar-refractivity contribution in [2.45, 2.75) is 20.4 Å². The molecule has 108 valence electrons. The van der Waals surface area contributed by atoms with Crippen LogP contribution in [0.2, 0.25) is 0 Å². The highest BCUT2D eigenvalue weighted by Crippen LogP contribution is 2.24.